The van der Waals surface area contributed by atoms with Crippen molar-refractivity contribution in [2.24, 2.45) is 0 Å². The fourth-order valence-electron chi connectivity index (χ4n) is 2.36. The molecule has 0 bridgehead atoms. The van der Waals surface area contributed by atoms with Gasteiger partial charge in [-0.05, 0) is 45.0 Å². The Balaban J connectivity index is 1.66. The summed E-state index contributed by atoms with van der Waals surface area (Å²) in [6, 6.07) is 13.9. The molecule has 0 amide bonds. The highest BCUT2D eigenvalue weighted by molar-refractivity contribution is 7.89. The molecule has 0 unspecified atom stereocenters. The minimum absolute atomic E-state index is 0.0193. The Hall–Kier alpha value is -2.71. The molecule has 27 heavy (non-hydrogen) atoms. The highest BCUT2D eigenvalue weighted by Crippen LogP contribution is 2.18. The van der Waals surface area contributed by atoms with Crippen LogP contribution in [0.3, 0.4) is 0 Å². The summed E-state index contributed by atoms with van der Waals surface area (Å²) in [7, 11) is -3.70. The van der Waals surface area contributed by atoms with Gasteiger partial charge in [-0.3, -0.25) is 0 Å². The van der Waals surface area contributed by atoms with Crippen molar-refractivity contribution in [3.8, 4) is 17.1 Å². The molecular weight excluding hydrogens is 366 g/mol. The number of hydrogen-bond acceptors (Lipinski definition) is 6. The van der Waals surface area contributed by atoms with E-state index in [0.717, 1.165) is 11.1 Å². The van der Waals surface area contributed by atoms with Crippen LogP contribution >= 0.6 is 0 Å². The van der Waals surface area contributed by atoms with Crippen LogP contribution in [0, 0.1) is 6.92 Å². The number of rotatable bonds is 7. The first-order valence-electron chi connectivity index (χ1n) is 8.49. The zero-order valence-electron chi connectivity index (χ0n) is 15.3. The standard InChI is InChI=1S/C19H21N3O4S/c1-13(2)25-16-8-10-17(11-9-16)27(23,24)20-12-18-21-19(22-26-18)15-6-4-14(3)5-7-15/h4-11,13,20H,12H2,1-3H3. The van der Waals surface area contributed by atoms with E-state index in [1.165, 1.54) is 12.1 Å². The average Bonchev–Trinajstić information content (AvgIpc) is 3.10. The first kappa shape index (κ1) is 19.1. The Morgan fingerprint density at radius 1 is 1.07 bits per heavy atom. The second-order valence-corrected chi connectivity index (χ2v) is 8.11. The molecule has 7 nitrogen and oxygen atoms in total. The third-order valence-corrected chi connectivity index (χ3v) is 5.11. The molecule has 0 atom stereocenters. The first-order valence-corrected chi connectivity index (χ1v) is 9.98. The molecule has 0 saturated heterocycles. The van der Waals surface area contributed by atoms with Crippen LogP contribution in [0.4, 0.5) is 0 Å². The number of ether oxygens (including phenoxy) is 1. The van der Waals surface area contributed by atoms with Gasteiger partial charge in [0, 0.05) is 5.56 Å². The van der Waals surface area contributed by atoms with Gasteiger partial charge in [0.05, 0.1) is 17.5 Å². The molecule has 2 aromatic carbocycles. The molecule has 1 heterocycles. The monoisotopic (exact) mass is 387 g/mol. The number of aromatic nitrogens is 2. The molecule has 0 radical (unpaired) electrons. The van der Waals surface area contributed by atoms with Crippen LogP contribution in [0.15, 0.2) is 57.9 Å². The molecule has 0 aliphatic heterocycles. The zero-order valence-corrected chi connectivity index (χ0v) is 16.2. The molecule has 1 aromatic heterocycles. The van der Waals surface area contributed by atoms with Crippen molar-refractivity contribution in [1.29, 1.82) is 0 Å². The quantitative estimate of drug-likeness (QED) is 0.668. The van der Waals surface area contributed by atoms with E-state index in [1.54, 1.807) is 12.1 Å². The number of nitrogens with zero attached hydrogens (tertiary/aromatic N) is 2. The van der Waals surface area contributed by atoms with E-state index < -0.39 is 10.0 Å². The van der Waals surface area contributed by atoms with Gasteiger partial charge in [-0.1, -0.05) is 35.0 Å². The lowest BCUT2D eigenvalue weighted by atomic mass is 10.1. The Labute approximate surface area is 158 Å². The maximum absolute atomic E-state index is 12.4. The predicted molar refractivity (Wildman–Crippen MR) is 101 cm³/mol. The fraction of sp³-hybridized carbons (Fsp3) is 0.263. The molecule has 0 fully saturated rings. The van der Waals surface area contributed by atoms with Gasteiger partial charge in [-0.15, -0.1) is 0 Å². The molecule has 0 aliphatic rings. The van der Waals surface area contributed by atoms with Gasteiger partial charge >= 0.3 is 0 Å². The Kier molecular flexibility index (Phi) is 5.57. The highest BCUT2D eigenvalue weighted by atomic mass is 32.2. The zero-order chi connectivity index (χ0) is 19.4. The number of nitrogens with one attached hydrogen (secondary N) is 1. The molecule has 0 aliphatic carbocycles. The van der Waals surface area contributed by atoms with Crippen molar-refractivity contribution in [3.63, 3.8) is 0 Å². The Morgan fingerprint density at radius 3 is 2.37 bits per heavy atom. The Bertz CT molecular complexity index is 994. The van der Waals surface area contributed by atoms with Crippen molar-refractivity contribution in [3.05, 3.63) is 60.0 Å². The lowest BCUT2D eigenvalue weighted by Crippen LogP contribution is -2.23. The van der Waals surface area contributed by atoms with Gasteiger partial charge in [-0.25, -0.2) is 13.1 Å². The van der Waals surface area contributed by atoms with Gasteiger partial charge in [0.2, 0.25) is 21.7 Å². The van der Waals surface area contributed by atoms with E-state index in [9.17, 15) is 8.42 Å². The first-order chi connectivity index (χ1) is 12.8. The van der Waals surface area contributed by atoms with E-state index in [1.807, 2.05) is 45.0 Å². The third kappa shape index (κ3) is 4.93. The van der Waals surface area contributed by atoms with Crippen LogP contribution in [0.2, 0.25) is 0 Å². The van der Waals surface area contributed by atoms with Crippen molar-refractivity contribution in [1.82, 2.24) is 14.9 Å². The van der Waals surface area contributed by atoms with Crippen LogP contribution in [-0.2, 0) is 16.6 Å². The van der Waals surface area contributed by atoms with E-state index >= 15 is 0 Å². The van der Waals surface area contributed by atoms with Gasteiger partial charge in [0.1, 0.15) is 5.75 Å². The largest absolute Gasteiger partial charge is 0.491 e. The van der Waals surface area contributed by atoms with Gasteiger partial charge in [-0.2, -0.15) is 4.98 Å². The van der Waals surface area contributed by atoms with Gasteiger partial charge < -0.3 is 9.26 Å². The number of sulfonamides is 1. The van der Waals surface area contributed by atoms with E-state index in [2.05, 4.69) is 14.9 Å². The summed E-state index contributed by atoms with van der Waals surface area (Å²) in [6.07, 6.45) is 0.0193. The average molecular weight is 387 g/mol. The maximum Gasteiger partial charge on any atom is 0.242 e. The Morgan fingerprint density at radius 2 is 1.74 bits per heavy atom. The van der Waals surface area contributed by atoms with Crippen LogP contribution in [0.5, 0.6) is 5.75 Å². The minimum atomic E-state index is -3.70. The number of benzene rings is 2. The normalized spacial score (nSPS) is 11.7. The van der Waals surface area contributed by atoms with E-state index in [0.29, 0.717) is 11.6 Å². The predicted octanol–water partition coefficient (Wildman–Crippen LogP) is 3.31. The number of aryl methyl sites for hydroxylation is 1. The lowest BCUT2D eigenvalue weighted by Gasteiger charge is -2.10. The van der Waals surface area contributed by atoms with Crippen LogP contribution in [0.25, 0.3) is 11.4 Å². The maximum atomic E-state index is 12.4. The van der Waals surface area contributed by atoms with E-state index in [4.69, 9.17) is 9.26 Å². The molecule has 3 rings (SSSR count). The smallest absolute Gasteiger partial charge is 0.242 e. The summed E-state index contributed by atoms with van der Waals surface area (Å²) in [4.78, 5) is 4.36. The van der Waals surface area contributed by atoms with Crippen molar-refractivity contribution in [2.45, 2.75) is 38.3 Å². The summed E-state index contributed by atoms with van der Waals surface area (Å²) >= 11 is 0. The van der Waals surface area contributed by atoms with Gasteiger partial charge in [0.25, 0.3) is 0 Å². The summed E-state index contributed by atoms with van der Waals surface area (Å²) in [6.45, 7) is 5.70. The summed E-state index contributed by atoms with van der Waals surface area (Å²) in [5, 5.41) is 3.89. The SMILES string of the molecule is Cc1ccc(-c2noc(CNS(=O)(=O)c3ccc(OC(C)C)cc3)n2)cc1. The minimum Gasteiger partial charge on any atom is -0.491 e. The summed E-state index contributed by atoms with van der Waals surface area (Å²) in [5.74, 6) is 1.22. The number of hydrogen-bond donors (Lipinski definition) is 1. The highest BCUT2D eigenvalue weighted by Gasteiger charge is 2.16. The topological polar surface area (TPSA) is 94.3 Å². The van der Waals surface area contributed by atoms with Crippen molar-refractivity contribution < 1.29 is 17.7 Å². The molecule has 8 heteroatoms. The molecule has 0 spiro atoms. The fourth-order valence-corrected chi connectivity index (χ4v) is 3.33. The van der Waals surface area contributed by atoms with Crippen LogP contribution < -0.4 is 9.46 Å². The molecule has 1 N–H and O–H groups in total. The van der Waals surface area contributed by atoms with E-state index in [-0.39, 0.29) is 23.4 Å². The summed E-state index contributed by atoms with van der Waals surface area (Å²) in [5.41, 5.74) is 1.93. The van der Waals surface area contributed by atoms with Crippen LogP contribution in [-0.4, -0.2) is 24.7 Å². The second kappa shape index (κ2) is 7.89. The molecule has 3 aromatic rings. The van der Waals surface area contributed by atoms with Crippen molar-refractivity contribution in [2.75, 3.05) is 0 Å². The molecule has 0 saturated carbocycles. The molecular formula is C19H21N3O4S. The molecule has 142 valence electrons. The van der Waals surface area contributed by atoms with Gasteiger partial charge in [0.15, 0.2) is 0 Å². The lowest BCUT2D eigenvalue weighted by molar-refractivity contribution is 0.242. The van der Waals surface area contributed by atoms with Crippen molar-refractivity contribution >= 4 is 10.0 Å². The van der Waals surface area contributed by atoms with Crippen LogP contribution in [0.1, 0.15) is 25.3 Å². The summed E-state index contributed by atoms with van der Waals surface area (Å²) < 4.78 is 37.9. The third-order valence-electron chi connectivity index (χ3n) is 3.70. The second-order valence-electron chi connectivity index (χ2n) is 6.34.